The normalized spacial score (nSPS) is 25.9. The van der Waals surface area contributed by atoms with Crippen LogP contribution in [0.1, 0.15) is 36.0 Å². The number of nitrogens with zero attached hydrogens (tertiary/aromatic N) is 3. The maximum atomic E-state index is 12.3. The molecule has 5 nitrogen and oxygen atoms in total. The average molecular weight is 302 g/mol. The van der Waals surface area contributed by atoms with E-state index in [2.05, 4.69) is 16.3 Å². The van der Waals surface area contributed by atoms with Gasteiger partial charge in [-0.2, -0.15) is 0 Å². The molecule has 119 valence electrons. The summed E-state index contributed by atoms with van der Waals surface area (Å²) in [5.74, 6) is -0.0728. The van der Waals surface area contributed by atoms with Gasteiger partial charge in [0.05, 0.1) is 6.10 Å². The maximum Gasteiger partial charge on any atom is 0.253 e. The summed E-state index contributed by atoms with van der Waals surface area (Å²) in [7, 11) is 1.74. The lowest BCUT2D eigenvalue weighted by Crippen LogP contribution is -2.47. The van der Waals surface area contributed by atoms with Gasteiger partial charge in [-0.15, -0.1) is 0 Å². The van der Waals surface area contributed by atoms with E-state index < -0.39 is 6.10 Å². The van der Waals surface area contributed by atoms with Gasteiger partial charge in [-0.25, -0.2) is 0 Å². The van der Waals surface area contributed by atoms with Gasteiger partial charge in [-0.1, -0.05) is 0 Å². The van der Waals surface area contributed by atoms with Gasteiger partial charge in [0.2, 0.25) is 0 Å². The molecule has 22 heavy (non-hydrogen) atoms. The highest BCUT2D eigenvalue weighted by atomic mass is 16.3. The van der Waals surface area contributed by atoms with Gasteiger partial charge >= 0.3 is 0 Å². The summed E-state index contributed by atoms with van der Waals surface area (Å²) in [6.45, 7) is 1.03. The van der Waals surface area contributed by atoms with Crippen molar-refractivity contribution in [1.82, 2.24) is 14.8 Å². The monoisotopic (exact) mass is 302 g/mol. The Labute approximate surface area is 131 Å². The van der Waals surface area contributed by atoms with Gasteiger partial charge in [0.15, 0.2) is 0 Å². The number of carbonyl (C=O) groups excluding carboxylic acids is 1. The summed E-state index contributed by atoms with van der Waals surface area (Å²) in [6.07, 6.45) is 9.84. The van der Waals surface area contributed by atoms with Crippen LogP contribution in [0.3, 0.4) is 0 Å². The van der Waals surface area contributed by atoms with Crippen molar-refractivity contribution in [2.45, 2.75) is 43.9 Å². The first-order valence-corrected chi connectivity index (χ1v) is 8.06. The third-order valence-electron chi connectivity index (χ3n) is 4.83. The van der Waals surface area contributed by atoms with Crippen molar-refractivity contribution in [3.63, 3.8) is 0 Å². The molecule has 2 saturated heterocycles. The molecule has 1 unspecified atom stereocenters. The Morgan fingerprint density at radius 3 is 2.64 bits per heavy atom. The Morgan fingerprint density at radius 1 is 1.36 bits per heavy atom. The molecule has 0 aromatic carbocycles. The van der Waals surface area contributed by atoms with Gasteiger partial charge in [0.25, 0.3) is 5.91 Å². The van der Waals surface area contributed by atoms with Gasteiger partial charge in [-0.05, 0) is 44.2 Å². The smallest absolute Gasteiger partial charge is 0.253 e. The average Bonchev–Trinajstić information content (AvgIpc) is 2.75. The lowest BCUT2D eigenvalue weighted by Gasteiger charge is -2.36. The van der Waals surface area contributed by atoms with Crippen LogP contribution in [-0.4, -0.2) is 64.1 Å². The standard InChI is InChI=1S/C17H24N3O2/c1-19(17(22)13-7-9-18-10-8-13)11-16(21)12-20-14-3-2-4-15(20)6-5-14/h2,7-10,14-16,21H,3-6,11-12H2,1H3/t14-,15+,16?. The number of rotatable bonds is 5. The van der Waals surface area contributed by atoms with E-state index in [0.29, 0.717) is 30.7 Å². The number of amides is 1. The molecule has 5 heteroatoms. The van der Waals surface area contributed by atoms with Gasteiger partial charge in [0, 0.05) is 50.2 Å². The molecule has 1 N–H and O–H groups in total. The largest absolute Gasteiger partial charge is 0.390 e. The van der Waals surface area contributed by atoms with E-state index in [1.54, 1.807) is 36.5 Å². The fourth-order valence-electron chi connectivity index (χ4n) is 3.72. The number of piperidine rings is 1. The van der Waals surface area contributed by atoms with Crippen molar-refractivity contribution in [2.75, 3.05) is 20.1 Å². The second-order valence-electron chi connectivity index (χ2n) is 6.42. The molecule has 3 heterocycles. The zero-order chi connectivity index (χ0) is 15.5. The molecule has 3 atom stereocenters. The van der Waals surface area contributed by atoms with E-state index in [9.17, 15) is 9.90 Å². The number of aliphatic hydroxyl groups is 1. The number of fused-ring (bicyclic) bond motifs is 2. The minimum atomic E-state index is -0.503. The van der Waals surface area contributed by atoms with Crippen molar-refractivity contribution in [3.05, 3.63) is 36.5 Å². The quantitative estimate of drug-likeness (QED) is 0.892. The first kappa shape index (κ1) is 15.4. The molecule has 1 amide bonds. The summed E-state index contributed by atoms with van der Waals surface area (Å²) in [4.78, 5) is 20.2. The van der Waals surface area contributed by atoms with Crippen LogP contribution in [0.2, 0.25) is 0 Å². The second kappa shape index (κ2) is 6.75. The molecule has 1 aromatic rings. The van der Waals surface area contributed by atoms with Crippen LogP contribution >= 0.6 is 0 Å². The van der Waals surface area contributed by atoms with Crippen LogP contribution < -0.4 is 0 Å². The topological polar surface area (TPSA) is 56.7 Å². The number of aliphatic hydroxyl groups excluding tert-OH is 1. The lowest BCUT2D eigenvalue weighted by molar-refractivity contribution is 0.0450. The fourth-order valence-corrected chi connectivity index (χ4v) is 3.72. The highest BCUT2D eigenvalue weighted by Crippen LogP contribution is 2.34. The molecule has 0 saturated carbocycles. The molecule has 1 radical (unpaired) electrons. The molecule has 3 rings (SSSR count). The SMILES string of the molecule is CN(CC(O)CN1[C@@H]2C[CH]C[C@H]1CC2)C(=O)c1ccncc1. The van der Waals surface area contributed by atoms with E-state index in [-0.39, 0.29) is 5.91 Å². The Balaban J connectivity index is 1.53. The van der Waals surface area contributed by atoms with Gasteiger partial charge < -0.3 is 10.0 Å². The van der Waals surface area contributed by atoms with E-state index >= 15 is 0 Å². The zero-order valence-corrected chi connectivity index (χ0v) is 13.1. The minimum absolute atomic E-state index is 0.0728. The molecular formula is C17H24N3O2. The Hall–Kier alpha value is -1.46. The van der Waals surface area contributed by atoms with Crippen molar-refractivity contribution in [1.29, 1.82) is 0 Å². The summed E-state index contributed by atoms with van der Waals surface area (Å²) >= 11 is 0. The van der Waals surface area contributed by atoms with Crippen LogP contribution in [0.5, 0.6) is 0 Å². The number of aromatic nitrogens is 1. The minimum Gasteiger partial charge on any atom is -0.390 e. The zero-order valence-electron chi connectivity index (χ0n) is 13.1. The first-order chi connectivity index (χ1) is 10.6. The van der Waals surface area contributed by atoms with E-state index in [1.807, 2.05) is 0 Å². The van der Waals surface area contributed by atoms with Gasteiger partial charge in [-0.3, -0.25) is 14.7 Å². The number of carbonyl (C=O) groups is 1. The Kier molecular flexibility index (Phi) is 4.74. The van der Waals surface area contributed by atoms with E-state index in [4.69, 9.17) is 0 Å². The third kappa shape index (κ3) is 3.31. The molecule has 0 aliphatic carbocycles. The van der Waals surface area contributed by atoms with Crippen molar-refractivity contribution >= 4 is 5.91 Å². The highest BCUT2D eigenvalue weighted by Gasteiger charge is 2.37. The summed E-state index contributed by atoms with van der Waals surface area (Å²) in [6, 6.07) is 4.59. The van der Waals surface area contributed by atoms with Crippen LogP contribution in [-0.2, 0) is 0 Å². The van der Waals surface area contributed by atoms with Gasteiger partial charge in [0.1, 0.15) is 0 Å². The fraction of sp³-hybridized carbons (Fsp3) is 0.588. The number of likely N-dealkylation sites (N-methyl/N-ethyl adjacent to an activating group) is 1. The number of pyridine rings is 1. The van der Waals surface area contributed by atoms with Crippen LogP contribution in [0.15, 0.2) is 24.5 Å². The Bertz CT molecular complexity index is 492. The third-order valence-corrected chi connectivity index (χ3v) is 4.83. The molecule has 0 spiro atoms. The summed E-state index contributed by atoms with van der Waals surface area (Å²) in [5, 5.41) is 10.4. The number of hydrogen-bond acceptors (Lipinski definition) is 4. The molecule has 2 fully saturated rings. The molecular weight excluding hydrogens is 278 g/mol. The number of hydrogen-bond donors (Lipinski definition) is 1. The highest BCUT2D eigenvalue weighted by molar-refractivity contribution is 5.93. The molecule has 2 aliphatic rings. The predicted molar refractivity (Wildman–Crippen MR) is 84.3 cm³/mol. The van der Waals surface area contributed by atoms with Crippen molar-refractivity contribution in [2.24, 2.45) is 0 Å². The Morgan fingerprint density at radius 2 is 2.00 bits per heavy atom. The van der Waals surface area contributed by atoms with E-state index in [0.717, 1.165) is 12.8 Å². The molecule has 2 aliphatic heterocycles. The maximum absolute atomic E-state index is 12.3. The summed E-state index contributed by atoms with van der Waals surface area (Å²) < 4.78 is 0. The molecule has 1 aromatic heterocycles. The lowest BCUT2D eigenvalue weighted by atomic mass is 10.0. The van der Waals surface area contributed by atoms with Crippen molar-refractivity contribution < 1.29 is 9.90 Å². The van der Waals surface area contributed by atoms with Crippen LogP contribution in [0, 0.1) is 6.42 Å². The van der Waals surface area contributed by atoms with Crippen LogP contribution in [0.4, 0.5) is 0 Å². The summed E-state index contributed by atoms with van der Waals surface area (Å²) in [5.41, 5.74) is 0.609. The first-order valence-electron chi connectivity index (χ1n) is 8.06. The second-order valence-corrected chi connectivity index (χ2v) is 6.42. The van der Waals surface area contributed by atoms with Crippen molar-refractivity contribution in [3.8, 4) is 0 Å². The van der Waals surface area contributed by atoms with Crippen LogP contribution in [0.25, 0.3) is 0 Å². The molecule has 2 bridgehead atoms. The predicted octanol–water partition coefficient (Wildman–Crippen LogP) is 1.35. The van der Waals surface area contributed by atoms with E-state index in [1.165, 1.54) is 12.8 Å².